The summed E-state index contributed by atoms with van der Waals surface area (Å²) in [6.45, 7) is 3.43. The number of ether oxygens (including phenoxy) is 1. The molecule has 4 heterocycles. The van der Waals surface area contributed by atoms with Crippen molar-refractivity contribution in [3.8, 4) is 0 Å². The lowest BCUT2D eigenvalue weighted by Gasteiger charge is -2.28. The highest BCUT2D eigenvalue weighted by molar-refractivity contribution is 5.79. The SMILES string of the molecule is c1cnc2ccc(CNc3nc4nonc4nc3N3CCOCC3)cc2c1. The predicted molar refractivity (Wildman–Crippen MR) is 99.5 cm³/mol. The molecule has 1 saturated heterocycles. The van der Waals surface area contributed by atoms with Crippen LogP contribution in [0.1, 0.15) is 5.56 Å². The van der Waals surface area contributed by atoms with Crippen molar-refractivity contribution in [2.24, 2.45) is 0 Å². The number of rotatable bonds is 4. The van der Waals surface area contributed by atoms with E-state index in [1.54, 1.807) is 6.20 Å². The average Bonchev–Trinajstić information content (AvgIpc) is 3.19. The summed E-state index contributed by atoms with van der Waals surface area (Å²) in [6.07, 6.45) is 1.80. The van der Waals surface area contributed by atoms with Crippen molar-refractivity contribution in [2.75, 3.05) is 36.5 Å². The van der Waals surface area contributed by atoms with Crippen LogP contribution in [0.3, 0.4) is 0 Å². The van der Waals surface area contributed by atoms with Crippen LogP contribution in [-0.2, 0) is 11.3 Å². The molecule has 3 aromatic heterocycles. The van der Waals surface area contributed by atoms with E-state index in [4.69, 9.17) is 9.37 Å². The van der Waals surface area contributed by atoms with Crippen LogP contribution in [0.25, 0.3) is 22.2 Å². The van der Waals surface area contributed by atoms with Gasteiger partial charge in [0.2, 0.25) is 11.3 Å². The zero-order chi connectivity index (χ0) is 18.1. The van der Waals surface area contributed by atoms with Gasteiger partial charge in [0.25, 0.3) is 0 Å². The van der Waals surface area contributed by atoms with E-state index in [0.29, 0.717) is 36.9 Å². The maximum atomic E-state index is 5.44. The van der Waals surface area contributed by atoms with Crippen LogP contribution in [0.15, 0.2) is 41.2 Å². The van der Waals surface area contributed by atoms with Gasteiger partial charge in [-0.1, -0.05) is 12.1 Å². The fourth-order valence-electron chi connectivity index (χ4n) is 3.16. The van der Waals surface area contributed by atoms with Crippen LogP contribution in [-0.4, -0.2) is 51.6 Å². The maximum Gasteiger partial charge on any atom is 0.245 e. The minimum absolute atomic E-state index is 0.386. The molecular weight excluding hydrogens is 346 g/mol. The van der Waals surface area contributed by atoms with Crippen LogP contribution < -0.4 is 10.2 Å². The second-order valence-corrected chi connectivity index (χ2v) is 6.29. The normalized spacial score (nSPS) is 14.7. The minimum atomic E-state index is 0.386. The molecule has 5 rings (SSSR count). The molecule has 1 aromatic carbocycles. The van der Waals surface area contributed by atoms with Crippen molar-refractivity contribution >= 4 is 33.8 Å². The van der Waals surface area contributed by atoms with Gasteiger partial charge < -0.3 is 15.0 Å². The molecule has 0 bridgehead atoms. The van der Waals surface area contributed by atoms with Crippen molar-refractivity contribution in [1.29, 1.82) is 0 Å². The summed E-state index contributed by atoms with van der Waals surface area (Å²) in [7, 11) is 0. The first-order valence-electron chi connectivity index (χ1n) is 8.77. The number of benzene rings is 1. The van der Waals surface area contributed by atoms with Crippen molar-refractivity contribution in [3.63, 3.8) is 0 Å². The standard InChI is InChI=1S/C18H17N7O2/c1-2-13-10-12(3-4-14(13)19-5-1)11-20-17-18(25-6-8-26-9-7-25)22-16-15(21-17)23-27-24-16/h1-5,10H,6-9,11H2,(H,20,21,23). The highest BCUT2D eigenvalue weighted by atomic mass is 16.6. The summed E-state index contributed by atoms with van der Waals surface area (Å²) in [5.74, 6) is 1.40. The van der Waals surface area contributed by atoms with Crippen LogP contribution in [0.2, 0.25) is 0 Å². The van der Waals surface area contributed by atoms with E-state index in [9.17, 15) is 0 Å². The number of hydrogen-bond donors (Lipinski definition) is 1. The van der Waals surface area contributed by atoms with Crippen LogP contribution in [0.4, 0.5) is 11.6 Å². The number of fused-ring (bicyclic) bond motifs is 2. The zero-order valence-corrected chi connectivity index (χ0v) is 14.5. The van der Waals surface area contributed by atoms with Gasteiger partial charge in [0.1, 0.15) is 0 Å². The van der Waals surface area contributed by atoms with Gasteiger partial charge in [-0.15, -0.1) is 0 Å². The molecule has 1 aliphatic rings. The highest BCUT2D eigenvalue weighted by Gasteiger charge is 2.20. The Labute approximate surface area is 154 Å². The summed E-state index contributed by atoms with van der Waals surface area (Å²) in [6, 6.07) is 10.2. The lowest BCUT2D eigenvalue weighted by molar-refractivity contribution is 0.122. The Hall–Kier alpha value is -3.33. The highest BCUT2D eigenvalue weighted by Crippen LogP contribution is 2.25. The van der Waals surface area contributed by atoms with E-state index in [2.05, 4.69) is 53.7 Å². The first-order chi connectivity index (χ1) is 13.4. The summed E-state index contributed by atoms with van der Waals surface area (Å²) in [5, 5.41) is 12.1. The molecule has 1 fully saturated rings. The van der Waals surface area contributed by atoms with Gasteiger partial charge in [-0.25, -0.2) is 14.6 Å². The van der Waals surface area contributed by atoms with E-state index >= 15 is 0 Å². The van der Waals surface area contributed by atoms with Crippen LogP contribution in [0, 0.1) is 0 Å². The number of anilines is 2. The second-order valence-electron chi connectivity index (χ2n) is 6.29. The molecule has 0 unspecified atom stereocenters. The largest absolute Gasteiger partial charge is 0.378 e. The summed E-state index contributed by atoms with van der Waals surface area (Å²) in [4.78, 5) is 15.6. The van der Waals surface area contributed by atoms with Gasteiger partial charge in [-0.2, -0.15) is 0 Å². The smallest absolute Gasteiger partial charge is 0.245 e. The fraction of sp³-hybridized carbons (Fsp3) is 0.278. The molecule has 9 nitrogen and oxygen atoms in total. The van der Waals surface area contributed by atoms with Crippen molar-refractivity contribution in [3.05, 3.63) is 42.1 Å². The molecule has 0 spiro atoms. The number of hydrogen-bond acceptors (Lipinski definition) is 9. The van der Waals surface area contributed by atoms with Gasteiger partial charge in [-0.05, 0) is 34.1 Å². The molecule has 136 valence electrons. The average molecular weight is 363 g/mol. The van der Waals surface area contributed by atoms with Gasteiger partial charge in [-0.3, -0.25) is 4.98 Å². The molecular formula is C18H17N7O2. The van der Waals surface area contributed by atoms with E-state index in [1.807, 2.05) is 12.1 Å². The van der Waals surface area contributed by atoms with Gasteiger partial charge >= 0.3 is 0 Å². The van der Waals surface area contributed by atoms with E-state index in [1.165, 1.54) is 0 Å². The molecule has 0 radical (unpaired) electrons. The van der Waals surface area contributed by atoms with Gasteiger partial charge in [0, 0.05) is 31.2 Å². The Morgan fingerprint density at radius 2 is 1.89 bits per heavy atom. The van der Waals surface area contributed by atoms with Gasteiger partial charge in [0.15, 0.2) is 11.6 Å². The lowest BCUT2D eigenvalue weighted by Crippen LogP contribution is -2.37. The number of nitrogens with one attached hydrogen (secondary N) is 1. The summed E-state index contributed by atoms with van der Waals surface area (Å²) >= 11 is 0. The molecule has 4 aromatic rings. The lowest BCUT2D eigenvalue weighted by atomic mass is 10.1. The molecule has 1 aliphatic heterocycles. The van der Waals surface area contributed by atoms with Crippen molar-refractivity contribution in [1.82, 2.24) is 25.3 Å². The fourth-order valence-corrected chi connectivity index (χ4v) is 3.16. The van der Waals surface area contributed by atoms with E-state index in [0.717, 1.165) is 35.4 Å². The number of pyridine rings is 1. The third-order valence-corrected chi connectivity index (χ3v) is 4.53. The quantitative estimate of drug-likeness (QED) is 0.583. The maximum absolute atomic E-state index is 5.44. The van der Waals surface area contributed by atoms with Crippen LogP contribution >= 0.6 is 0 Å². The monoisotopic (exact) mass is 363 g/mol. The zero-order valence-electron chi connectivity index (χ0n) is 14.5. The molecule has 0 atom stereocenters. The second kappa shape index (κ2) is 6.76. The Morgan fingerprint density at radius 1 is 1.04 bits per heavy atom. The molecule has 9 heteroatoms. The van der Waals surface area contributed by atoms with Crippen molar-refractivity contribution in [2.45, 2.75) is 6.54 Å². The number of nitrogens with zero attached hydrogens (tertiary/aromatic N) is 6. The Balaban J connectivity index is 1.45. The number of aromatic nitrogens is 5. The van der Waals surface area contributed by atoms with Gasteiger partial charge in [0.05, 0.1) is 18.7 Å². The molecule has 27 heavy (non-hydrogen) atoms. The Kier molecular flexibility index (Phi) is 3.98. The number of morpholine rings is 1. The molecule has 0 amide bonds. The minimum Gasteiger partial charge on any atom is -0.378 e. The van der Waals surface area contributed by atoms with Crippen molar-refractivity contribution < 1.29 is 9.37 Å². The summed E-state index contributed by atoms with van der Waals surface area (Å²) in [5.41, 5.74) is 2.89. The van der Waals surface area contributed by atoms with Crippen LogP contribution in [0.5, 0.6) is 0 Å². The first-order valence-corrected chi connectivity index (χ1v) is 8.77. The predicted octanol–water partition coefficient (Wildman–Crippen LogP) is 2.01. The molecule has 0 aliphatic carbocycles. The molecule has 0 saturated carbocycles. The topological polar surface area (TPSA) is 102 Å². The van der Waals surface area contributed by atoms with E-state index < -0.39 is 0 Å². The van der Waals surface area contributed by atoms with E-state index in [-0.39, 0.29) is 0 Å². The first kappa shape index (κ1) is 15.9. The molecule has 1 N–H and O–H groups in total. The summed E-state index contributed by atoms with van der Waals surface area (Å²) < 4.78 is 10.2. The third kappa shape index (κ3) is 3.13. The Bertz CT molecular complexity index is 1090. The Morgan fingerprint density at radius 3 is 2.78 bits per heavy atom. The third-order valence-electron chi connectivity index (χ3n) is 4.53.